The predicted molar refractivity (Wildman–Crippen MR) is 112 cm³/mol. The van der Waals surface area contributed by atoms with Crippen LogP contribution in [0.25, 0.3) is 6.08 Å². The number of hydrogen-bond donors (Lipinski definition) is 0. The third-order valence-corrected chi connectivity index (χ3v) is 5.14. The predicted octanol–water partition coefficient (Wildman–Crippen LogP) is 4.18. The molecule has 0 spiro atoms. The van der Waals surface area contributed by atoms with Crippen LogP contribution in [-0.4, -0.2) is 37.0 Å². The molecule has 29 heavy (non-hydrogen) atoms. The van der Waals surface area contributed by atoms with Crippen molar-refractivity contribution in [3.8, 4) is 5.75 Å². The Labute approximate surface area is 171 Å². The molecule has 2 aromatic carbocycles. The van der Waals surface area contributed by atoms with Gasteiger partial charge < -0.3 is 14.4 Å². The minimum absolute atomic E-state index is 0.0329. The minimum atomic E-state index is -0.537. The molecule has 0 aliphatic heterocycles. The van der Waals surface area contributed by atoms with Crippen molar-refractivity contribution >= 4 is 18.0 Å². The summed E-state index contributed by atoms with van der Waals surface area (Å²) in [6.07, 6.45) is 6.00. The fraction of sp³-hybridized carbons (Fsp3) is 0.333. The number of hydrogen-bond acceptors (Lipinski definition) is 4. The van der Waals surface area contributed by atoms with Crippen molar-refractivity contribution in [2.45, 2.75) is 32.2 Å². The van der Waals surface area contributed by atoms with Crippen LogP contribution >= 0.6 is 0 Å². The summed E-state index contributed by atoms with van der Waals surface area (Å²) in [7, 11) is 1.78. The summed E-state index contributed by atoms with van der Waals surface area (Å²) < 4.78 is 10.5. The number of carbonyl (C=O) groups excluding carboxylic acids is 2. The van der Waals surface area contributed by atoms with Crippen molar-refractivity contribution in [1.29, 1.82) is 0 Å². The fourth-order valence-corrected chi connectivity index (χ4v) is 3.59. The van der Waals surface area contributed by atoms with Gasteiger partial charge in [0.25, 0.3) is 5.91 Å². The zero-order valence-electron chi connectivity index (χ0n) is 17.0. The molecule has 5 nitrogen and oxygen atoms in total. The molecule has 152 valence electrons. The topological polar surface area (TPSA) is 55.8 Å². The van der Waals surface area contributed by atoms with Crippen molar-refractivity contribution in [2.24, 2.45) is 0 Å². The van der Waals surface area contributed by atoms with Gasteiger partial charge in [-0.05, 0) is 61.1 Å². The number of aryl methyl sites for hydroxylation is 1. The summed E-state index contributed by atoms with van der Waals surface area (Å²) in [4.78, 5) is 26.2. The lowest BCUT2D eigenvalue weighted by atomic mass is 9.87. The minimum Gasteiger partial charge on any atom is -0.494 e. The molecule has 5 heteroatoms. The maximum absolute atomic E-state index is 12.5. The Bertz CT molecular complexity index is 873. The lowest BCUT2D eigenvalue weighted by Gasteiger charge is -2.33. The molecule has 0 unspecified atom stereocenters. The van der Waals surface area contributed by atoms with Crippen LogP contribution in [-0.2, 0) is 20.7 Å². The molecule has 1 aliphatic rings. The smallest absolute Gasteiger partial charge is 0.331 e. The number of ether oxygens (including phenoxy) is 2. The van der Waals surface area contributed by atoms with E-state index in [1.165, 1.54) is 17.2 Å². The molecule has 1 amide bonds. The van der Waals surface area contributed by atoms with Crippen LogP contribution in [0, 0.1) is 0 Å². The number of likely N-dealkylation sites (N-methyl/N-ethyl adjacent to an activating group) is 1. The first-order chi connectivity index (χ1) is 14.1. The number of rotatable bonds is 7. The first-order valence-electron chi connectivity index (χ1n) is 9.99. The molecule has 3 rings (SSSR count). The summed E-state index contributed by atoms with van der Waals surface area (Å²) in [6.45, 7) is 2.27. The normalized spacial score (nSPS) is 15.6. The number of amides is 1. The summed E-state index contributed by atoms with van der Waals surface area (Å²) >= 11 is 0. The van der Waals surface area contributed by atoms with Gasteiger partial charge >= 0.3 is 5.97 Å². The van der Waals surface area contributed by atoms with Crippen LogP contribution in [0.2, 0.25) is 0 Å². The van der Waals surface area contributed by atoms with Gasteiger partial charge in [-0.3, -0.25) is 4.79 Å². The number of esters is 1. The molecule has 0 N–H and O–H groups in total. The van der Waals surface area contributed by atoms with Gasteiger partial charge in [0.1, 0.15) is 5.75 Å². The van der Waals surface area contributed by atoms with Crippen LogP contribution < -0.4 is 4.74 Å². The van der Waals surface area contributed by atoms with E-state index in [2.05, 4.69) is 12.1 Å². The second-order valence-corrected chi connectivity index (χ2v) is 7.05. The van der Waals surface area contributed by atoms with Gasteiger partial charge in [0.05, 0.1) is 12.6 Å². The average molecular weight is 393 g/mol. The molecule has 0 saturated carbocycles. The summed E-state index contributed by atoms with van der Waals surface area (Å²) in [5.41, 5.74) is 3.34. The second kappa shape index (κ2) is 9.92. The zero-order chi connectivity index (χ0) is 20.6. The van der Waals surface area contributed by atoms with Gasteiger partial charge in [0.2, 0.25) is 0 Å². The largest absolute Gasteiger partial charge is 0.494 e. The van der Waals surface area contributed by atoms with E-state index in [1.807, 2.05) is 43.3 Å². The van der Waals surface area contributed by atoms with Crippen LogP contribution in [0.15, 0.2) is 54.6 Å². The Balaban J connectivity index is 1.51. The van der Waals surface area contributed by atoms with E-state index in [-0.39, 0.29) is 18.6 Å². The van der Waals surface area contributed by atoms with Crippen molar-refractivity contribution < 1.29 is 19.1 Å². The lowest BCUT2D eigenvalue weighted by Crippen LogP contribution is -2.36. The maximum atomic E-state index is 12.5. The number of carbonyl (C=O) groups is 2. The third kappa shape index (κ3) is 5.47. The van der Waals surface area contributed by atoms with E-state index in [0.717, 1.165) is 30.6 Å². The number of nitrogens with zero attached hydrogens (tertiary/aromatic N) is 1. The molecule has 0 heterocycles. The summed E-state index contributed by atoms with van der Waals surface area (Å²) in [6, 6.07) is 15.7. The number of fused-ring (bicyclic) bond motifs is 1. The van der Waals surface area contributed by atoms with Crippen molar-refractivity contribution in [1.82, 2.24) is 4.90 Å². The molecule has 0 aromatic heterocycles. The van der Waals surface area contributed by atoms with E-state index < -0.39 is 5.97 Å². The fourth-order valence-electron chi connectivity index (χ4n) is 3.59. The molecule has 1 atom stereocenters. The summed E-state index contributed by atoms with van der Waals surface area (Å²) in [5.74, 6) is 0.0457. The Kier molecular flexibility index (Phi) is 7.06. The monoisotopic (exact) mass is 393 g/mol. The highest BCUT2D eigenvalue weighted by Crippen LogP contribution is 2.33. The van der Waals surface area contributed by atoms with Gasteiger partial charge in [-0.1, -0.05) is 36.4 Å². The first kappa shape index (κ1) is 20.6. The van der Waals surface area contributed by atoms with Gasteiger partial charge in [-0.15, -0.1) is 0 Å². The molecule has 0 bridgehead atoms. The van der Waals surface area contributed by atoms with E-state index in [4.69, 9.17) is 9.47 Å². The molecule has 0 radical (unpaired) electrons. The highest BCUT2D eigenvalue weighted by molar-refractivity contribution is 5.89. The maximum Gasteiger partial charge on any atom is 0.331 e. The van der Waals surface area contributed by atoms with E-state index >= 15 is 0 Å². The van der Waals surface area contributed by atoms with Crippen LogP contribution in [0.3, 0.4) is 0 Å². The average Bonchev–Trinajstić information content (AvgIpc) is 2.76. The number of benzene rings is 2. The first-order valence-corrected chi connectivity index (χ1v) is 9.99. The third-order valence-electron chi connectivity index (χ3n) is 5.14. The standard InChI is InChI=1S/C24H27NO4/c1-3-28-20-14-11-18(12-15-20)13-16-24(27)29-17-23(26)25(2)22-10-6-8-19-7-4-5-9-21(19)22/h4-5,7,9,11-16,22H,3,6,8,10,17H2,1-2H3/b16-13+/t22-/m0/s1. The van der Waals surface area contributed by atoms with Gasteiger partial charge in [0.15, 0.2) is 6.61 Å². The molecular weight excluding hydrogens is 366 g/mol. The van der Waals surface area contributed by atoms with Gasteiger partial charge in [0, 0.05) is 13.1 Å². The molecule has 0 fully saturated rings. The highest BCUT2D eigenvalue weighted by Gasteiger charge is 2.26. The molecule has 0 saturated heterocycles. The zero-order valence-corrected chi connectivity index (χ0v) is 17.0. The lowest BCUT2D eigenvalue weighted by molar-refractivity contribution is -0.148. The van der Waals surface area contributed by atoms with Crippen LogP contribution in [0.5, 0.6) is 5.75 Å². The summed E-state index contributed by atoms with van der Waals surface area (Å²) in [5, 5.41) is 0. The van der Waals surface area contributed by atoms with Gasteiger partial charge in [-0.2, -0.15) is 0 Å². The molecular formula is C24H27NO4. The van der Waals surface area contributed by atoms with Crippen LogP contribution in [0.4, 0.5) is 0 Å². The van der Waals surface area contributed by atoms with Crippen molar-refractivity contribution in [3.05, 3.63) is 71.3 Å². The highest BCUT2D eigenvalue weighted by atomic mass is 16.5. The van der Waals surface area contributed by atoms with E-state index in [1.54, 1.807) is 18.0 Å². The van der Waals surface area contributed by atoms with Crippen LogP contribution in [0.1, 0.15) is 42.5 Å². The van der Waals surface area contributed by atoms with E-state index in [9.17, 15) is 9.59 Å². The second-order valence-electron chi connectivity index (χ2n) is 7.05. The molecule has 2 aromatic rings. The quantitative estimate of drug-likeness (QED) is 0.523. The van der Waals surface area contributed by atoms with E-state index in [0.29, 0.717) is 6.61 Å². The molecule has 1 aliphatic carbocycles. The van der Waals surface area contributed by atoms with Crippen molar-refractivity contribution in [2.75, 3.05) is 20.3 Å². The Morgan fingerprint density at radius 1 is 1.14 bits per heavy atom. The van der Waals surface area contributed by atoms with Gasteiger partial charge in [-0.25, -0.2) is 4.79 Å². The van der Waals surface area contributed by atoms with Crippen molar-refractivity contribution in [3.63, 3.8) is 0 Å². The Hall–Kier alpha value is -3.08. The Morgan fingerprint density at radius 3 is 2.66 bits per heavy atom. The Morgan fingerprint density at radius 2 is 1.90 bits per heavy atom. The SMILES string of the molecule is CCOc1ccc(/C=C/C(=O)OCC(=O)N(C)[C@H]2CCCc3ccccc32)cc1.